The van der Waals surface area contributed by atoms with Gasteiger partial charge >= 0.3 is 0 Å². The third-order valence-corrected chi connectivity index (χ3v) is 1.80. The summed E-state index contributed by atoms with van der Waals surface area (Å²) in [6.45, 7) is 2.16. The summed E-state index contributed by atoms with van der Waals surface area (Å²) < 4.78 is 0. The number of nitrogens with one attached hydrogen (secondary N) is 2. The second-order valence-corrected chi connectivity index (χ2v) is 2.41. The first kappa shape index (κ1) is 5.06. The van der Waals surface area contributed by atoms with Crippen LogP contribution in [0.3, 0.4) is 0 Å². The Bertz CT molecular complexity index is 182. The van der Waals surface area contributed by atoms with Crippen molar-refractivity contribution < 1.29 is 0 Å². The molecule has 2 heteroatoms. The number of fused-ring (bicyclic) bond motifs is 1. The molecule has 1 aromatic rings. The Balaban J connectivity index is 2.39. The molecule has 0 saturated carbocycles. The highest BCUT2D eigenvalue weighted by Crippen LogP contribution is 2.09. The third kappa shape index (κ3) is 0.754. The first-order valence-electron chi connectivity index (χ1n) is 3.32. The van der Waals surface area contributed by atoms with Crippen LogP contribution in [-0.2, 0) is 13.0 Å². The lowest BCUT2D eigenvalue weighted by Crippen LogP contribution is -2.22. The van der Waals surface area contributed by atoms with Gasteiger partial charge < -0.3 is 10.3 Å². The Morgan fingerprint density at radius 3 is 3.33 bits per heavy atom. The Hall–Kier alpha value is -0.760. The van der Waals surface area contributed by atoms with Crippen molar-refractivity contribution in [2.24, 2.45) is 0 Å². The first-order chi connectivity index (χ1) is 4.47. The highest BCUT2D eigenvalue weighted by atomic mass is 14.9. The zero-order valence-electron chi connectivity index (χ0n) is 5.28. The fourth-order valence-electron chi connectivity index (χ4n) is 1.27. The summed E-state index contributed by atoms with van der Waals surface area (Å²) in [5, 5.41) is 3.31. The van der Waals surface area contributed by atoms with Gasteiger partial charge in [0.2, 0.25) is 0 Å². The van der Waals surface area contributed by atoms with Crippen molar-refractivity contribution in [3.63, 3.8) is 0 Å². The predicted molar refractivity (Wildman–Crippen MR) is 36.2 cm³/mol. The summed E-state index contributed by atoms with van der Waals surface area (Å²) in [4.78, 5) is 3.22. The Kier molecular flexibility index (Phi) is 1.06. The minimum absolute atomic E-state index is 1.04. The van der Waals surface area contributed by atoms with Crippen LogP contribution in [0.5, 0.6) is 0 Å². The number of aromatic amines is 1. The molecule has 0 radical (unpaired) electrons. The molecule has 0 aromatic carbocycles. The van der Waals surface area contributed by atoms with Crippen molar-refractivity contribution in [2.45, 2.75) is 13.0 Å². The van der Waals surface area contributed by atoms with Crippen LogP contribution in [0.4, 0.5) is 0 Å². The number of rotatable bonds is 0. The van der Waals surface area contributed by atoms with Crippen LogP contribution in [0.1, 0.15) is 11.3 Å². The van der Waals surface area contributed by atoms with Crippen molar-refractivity contribution >= 4 is 0 Å². The van der Waals surface area contributed by atoms with E-state index in [1.165, 1.54) is 11.3 Å². The van der Waals surface area contributed by atoms with Gasteiger partial charge in [-0.3, -0.25) is 0 Å². The molecule has 2 rings (SSSR count). The van der Waals surface area contributed by atoms with Crippen LogP contribution in [0.25, 0.3) is 0 Å². The molecule has 1 aromatic heterocycles. The highest BCUT2D eigenvalue weighted by Gasteiger charge is 2.06. The van der Waals surface area contributed by atoms with Crippen LogP contribution < -0.4 is 5.32 Å². The molecule has 1 aliphatic heterocycles. The molecule has 0 spiro atoms. The van der Waals surface area contributed by atoms with Crippen LogP contribution >= 0.6 is 0 Å². The van der Waals surface area contributed by atoms with Crippen molar-refractivity contribution in [2.75, 3.05) is 6.54 Å². The summed E-state index contributed by atoms with van der Waals surface area (Å²) in [5.74, 6) is 0. The summed E-state index contributed by atoms with van der Waals surface area (Å²) in [5.41, 5.74) is 2.84. The maximum atomic E-state index is 3.31. The van der Waals surface area contributed by atoms with Crippen LogP contribution in [0, 0.1) is 0 Å². The van der Waals surface area contributed by atoms with Crippen molar-refractivity contribution in [3.05, 3.63) is 23.5 Å². The van der Waals surface area contributed by atoms with E-state index in [-0.39, 0.29) is 0 Å². The van der Waals surface area contributed by atoms with Gasteiger partial charge in [-0.2, -0.15) is 0 Å². The molecule has 0 amide bonds. The molecule has 0 bridgehead atoms. The molecule has 0 atom stereocenters. The zero-order valence-corrected chi connectivity index (χ0v) is 5.28. The van der Waals surface area contributed by atoms with Crippen molar-refractivity contribution in [1.29, 1.82) is 0 Å². The van der Waals surface area contributed by atoms with Gasteiger partial charge in [-0.05, 0) is 11.6 Å². The smallest absolute Gasteiger partial charge is 0.0223 e. The Labute approximate surface area is 54.3 Å². The van der Waals surface area contributed by atoms with E-state index in [4.69, 9.17) is 0 Å². The van der Waals surface area contributed by atoms with Gasteiger partial charge in [-0.15, -0.1) is 0 Å². The number of H-pyrrole nitrogens is 1. The normalized spacial score (nSPS) is 17.3. The summed E-state index contributed by atoms with van der Waals surface area (Å²) in [6, 6.07) is 2.14. The topological polar surface area (TPSA) is 27.8 Å². The molecule has 1 aliphatic rings. The molecule has 0 aliphatic carbocycles. The van der Waals surface area contributed by atoms with Gasteiger partial charge in [-0.1, -0.05) is 0 Å². The number of hydrogen-bond acceptors (Lipinski definition) is 1. The maximum Gasteiger partial charge on any atom is 0.0223 e. The van der Waals surface area contributed by atoms with E-state index >= 15 is 0 Å². The van der Waals surface area contributed by atoms with Gasteiger partial charge in [0.05, 0.1) is 0 Å². The average Bonchev–Trinajstić information content (AvgIpc) is 2.33. The van der Waals surface area contributed by atoms with E-state index in [2.05, 4.69) is 16.4 Å². The van der Waals surface area contributed by atoms with E-state index in [1.807, 2.05) is 6.20 Å². The quantitative estimate of drug-likeness (QED) is 0.520. The lowest BCUT2D eigenvalue weighted by Gasteiger charge is -2.11. The van der Waals surface area contributed by atoms with E-state index in [0.717, 1.165) is 19.5 Å². The fraction of sp³-hybridized carbons (Fsp3) is 0.429. The lowest BCUT2D eigenvalue weighted by molar-refractivity contribution is 0.638. The molecule has 2 nitrogen and oxygen atoms in total. The Morgan fingerprint density at radius 1 is 1.44 bits per heavy atom. The van der Waals surface area contributed by atoms with Crippen LogP contribution in [0.2, 0.25) is 0 Å². The molecule has 0 saturated heterocycles. The van der Waals surface area contributed by atoms with Crippen LogP contribution in [-0.4, -0.2) is 11.5 Å². The Morgan fingerprint density at radius 2 is 2.44 bits per heavy atom. The monoisotopic (exact) mass is 122 g/mol. The van der Waals surface area contributed by atoms with Gasteiger partial charge in [0.25, 0.3) is 0 Å². The first-order valence-corrected chi connectivity index (χ1v) is 3.32. The van der Waals surface area contributed by atoms with E-state index in [9.17, 15) is 0 Å². The van der Waals surface area contributed by atoms with Gasteiger partial charge in [0.15, 0.2) is 0 Å². The second-order valence-electron chi connectivity index (χ2n) is 2.41. The molecular weight excluding hydrogens is 112 g/mol. The SMILES string of the molecule is c1cc2c([nH]1)CCNC2. The molecular formula is C7H10N2. The molecule has 48 valence electrons. The number of aromatic nitrogens is 1. The van der Waals surface area contributed by atoms with Gasteiger partial charge in [-0.25, -0.2) is 0 Å². The average molecular weight is 122 g/mol. The van der Waals surface area contributed by atoms with E-state index in [1.54, 1.807) is 0 Å². The molecule has 9 heavy (non-hydrogen) atoms. The molecule has 2 heterocycles. The minimum atomic E-state index is 1.04. The van der Waals surface area contributed by atoms with Gasteiger partial charge in [0, 0.05) is 31.4 Å². The van der Waals surface area contributed by atoms with Gasteiger partial charge in [0.1, 0.15) is 0 Å². The molecule has 0 unspecified atom stereocenters. The zero-order chi connectivity index (χ0) is 6.10. The highest BCUT2D eigenvalue weighted by molar-refractivity contribution is 5.22. The molecule has 2 N–H and O–H groups in total. The summed E-state index contributed by atoms with van der Waals surface area (Å²) >= 11 is 0. The summed E-state index contributed by atoms with van der Waals surface area (Å²) in [7, 11) is 0. The predicted octanol–water partition coefficient (Wildman–Crippen LogP) is 0.660. The number of hydrogen-bond donors (Lipinski definition) is 2. The second kappa shape index (κ2) is 1.88. The third-order valence-electron chi connectivity index (χ3n) is 1.80. The summed E-state index contributed by atoms with van der Waals surface area (Å²) in [6.07, 6.45) is 3.17. The van der Waals surface area contributed by atoms with Crippen molar-refractivity contribution in [3.8, 4) is 0 Å². The molecule has 0 fully saturated rings. The largest absolute Gasteiger partial charge is 0.365 e. The lowest BCUT2D eigenvalue weighted by atomic mass is 10.1. The fourth-order valence-corrected chi connectivity index (χ4v) is 1.27. The minimum Gasteiger partial charge on any atom is -0.365 e. The van der Waals surface area contributed by atoms with E-state index < -0.39 is 0 Å². The van der Waals surface area contributed by atoms with Crippen LogP contribution in [0.15, 0.2) is 12.3 Å². The standard InChI is InChI=1S/C7H10N2/c1-4-9-7-2-3-8-5-6(1)7/h1,4,8-9H,2-3,5H2. The van der Waals surface area contributed by atoms with Crippen molar-refractivity contribution in [1.82, 2.24) is 10.3 Å². The maximum absolute atomic E-state index is 3.31. The van der Waals surface area contributed by atoms with E-state index in [0.29, 0.717) is 0 Å².